The third-order valence-corrected chi connectivity index (χ3v) is 4.73. The first-order chi connectivity index (χ1) is 8.31. The van der Waals surface area contributed by atoms with Crippen molar-refractivity contribution in [1.29, 1.82) is 0 Å². The van der Waals surface area contributed by atoms with E-state index in [9.17, 15) is 0 Å². The number of likely N-dealkylation sites (N-methyl/N-ethyl adjacent to an activating group) is 1. The van der Waals surface area contributed by atoms with E-state index < -0.39 is 0 Å². The second-order valence-electron chi connectivity index (χ2n) is 5.66. The summed E-state index contributed by atoms with van der Waals surface area (Å²) in [4.78, 5) is 4.46. The van der Waals surface area contributed by atoms with E-state index in [-0.39, 0.29) is 0 Å². The van der Waals surface area contributed by atoms with Gasteiger partial charge in [0, 0.05) is 31.9 Å². The number of aryl methyl sites for hydroxylation is 1. The van der Waals surface area contributed by atoms with Gasteiger partial charge in [0.25, 0.3) is 0 Å². The van der Waals surface area contributed by atoms with Gasteiger partial charge in [0.2, 0.25) is 0 Å². The number of nitrogens with zero attached hydrogens (tertiary/aromatic N) is 2. The van der Waals surface area contributed by atoms with Gasteiger partial charge in [-0.3, -0.25) is 0 Å². The van der Waals surface area contributed by atoms with Crippen molar-refractivity contribution in [3.05, 3.63) is 18.2 Å². The molecule has 0 aromatic carbocycles. The molecule has 3 atom stereocenters. The monoisotopic (exact) mass is 233 g/mol. The predicted molar refractivity (Wildman–Crippen MR) is 68.7 cm³/mol. The normalized spacial score (nSPS) is 32.5. The predicted octanol–water partition coefficient (Wildman–Crippen LogP) is 1.99. The molecule has 1 N–H and O–H groups in total. The van der Waals surface area contributed by atoms with Crippen molar-refractivity contribution in [3.8, 4) is 0 Å². The maximum atomic E-state index is 4.46. The van der Waals surface area contributed by atoms with E-state index in [2.05, 4.69) is 28.8 Å². The highest BCUT2D eigenvalue weighted by atomic mass is 15.0. The van der Waals surface area contributed by atoms with E-state index in [1.807, 2.05) is 12.4 Å². The summed E-state index contributed by atoms with van der Waals surface area (Å²) >= 11 is 0. The molecule has 1 heterocycles. The molecular formula is C14H23N3. The summed E-state index contributed by atoms with van der Waals surface area (Å²) in [6.45, 7) is 3.29. The van der Waals surface area contributed by atoms with Crippen molar-refractivity contribution >= 4 is 0 Å². The van der Waals surface area contributed by atoms with E-state index in [4.69, 9.17) is 0 Å². The minimum atomic E-state index is 0.649. The fraction of sp³-hybridized carbons (Fsp3) is 0.786. The summed E-state index contributed by atoms with van der Waals surface area (Å²) in [5.74, 6) is 4.21. The minimum absolute atomic E-state index is 0.649. The van der Waals surface area contributed by atoms with E-state index in [0.29, 0.717) is 6.04 Å². The molecule has 2 aliphatic rings. The SMILES string of the molecule is CCNC(Cc1nccn1C)C1C2CCCC21. The van der Waals surface area contributed by atoms with E-state index in [1.165, 1.54) is 25.1 Å². The Morgan fingerprint density at radius 3 is 2.82 bits per heavy atom. The molecule has 0 spiro atoms. The zero-order valence-corrected chi connectivity index (χ0v) is 10.9. The fourth-order valence-electron chi connectivity index (χ4n) is 3.87. The van der Waals surface area contributed by atoms with Crippen LogP contribution in [0.3, 0.4) is 0 Å². The van der Waals surface area contributed by atoms with Gasteiger partial charge in [0.15, 0.2) is 0 Å². The van der Waals surface area contributed by atoms with Crippen molar-refractivity contribution in [1.82, 2.24) is 14.9 Å². The van der Waals surface area contributed by atoms with Crippen molar-refractivity contribution in [2.75, 3.05) is 6.54 Å². The van der Waals surface area contributed by atoms with Crippen LogP contribution in [0.5, 0.6) is 0 Å². The molecule has 2 aliphatic carbocycles. The van der Waals surface area contributed by atoms with Gasteiger partial charge in [-0.05, 0) is 37.1 Å². The van der Waals surface area contributed by atoms with E-state index in [0.717, 1.165) is 30.7 Å². The van der Waals surface area contributed by atoms with Crippen molar-refractivity contribution in [2.24, 2.45) is 24.8 Å². The molecule has 0 aliphatic heterocycles. The Labute approximate surface area is 104 Å². The van der Waals surface area contributed by atoms with Gasteiger partial charge in [-0.2, -0.15) is 0 Å². The summed E-state index contributed by atoms with van der Waals surface area (Å²) in [6.07, 6.45) is 9.45. The lowest BCUT2D eigenvalue weighted by atomic mass is 10.0. The number of fused-ring (bicyclic) bond motifs is 1. The number of imidazole rings is 1. The molecule has 2 fully saturated rings. The maximum Gasteiger partial charge on any atom is 0.109 e. The molecule has 17 heavy (non-hydrogen) atoms. The second-order valence-corrected chi connectivity index (χ2v) is 5.66. The molecule has 0 amide bonds. The van der Waals surface area contributed by atoms with Crippen molar-refractivity contribution < 1.29 is 0 Å². The van der Waals surface area contributed by atoms with Gasteiger partial charge in [-0.1, -0.05) is 13.3 Å². The first-order valence-corrected chi connectivity index (χ1v) is 7.01. The van der Waals surface area contributed by atoms with Crippen LogP contribution in [0.2, 0.25) is 0 Å². The van der Waals surface area contributed by atoms with Crippen molar-refractivity contribution in [2.45, 2.75) is 38.6 Å². The Bertz CT molecular complexity index is 375. The molecular weight excluding hydrogens is 210 g/mol. The van der Waals surface area contributed by atoms with Crippen LogP contribution in [0, 0.1) is 17.8 Å². The smallest absolute Gasteiger partial charge is 0.109 e. The first-order valence-electron chi connectivity index (χ1n) is 7.01. The maximum absolute atomic E-state index is 4.46. The number of hydrogen-bond donors (Lipinski definition) is 1. The molecule has 3 heteroatoms. The fourth-order valence-corrected chi connectivity index (χ4v) is 3.87. The van der Waals surface area contributed by atoms with Crippen LogP contribution in [0.4, 0.5) is 0 Å². The summed E-state index contributed by atoms with van der Waals surface area (Å²) in [5, 5.41) is 3.69. The van der Waals surface area contributed by atoms with E-state index in [1.54, 1.807) is 0 Å². The molecule has 2 saturated carbocycles. The van der Waals surface area contributed by atoms with Gasteiger partial charge in [0.1, 0.15) is 5.82 Å². The molecule has 3 unspecified atom stereocenters. The zero-order valence-electron chi connectivity index (χ0n) is 10.9. The summed E-state index contributed by atoms with van der Waals surface area (Å²) < 4.78 is 2.16. The van der Waals surface area contributed by atoms with Gasteiger partial charge >= 0.3 is 0 Å². The number of nitrogens with one attached hydrogen (secondary N) is 1. The van der Waals surface area contributed by atoms with Gasteiger partial charge in [-0.25, -0.2) is 4.98 Å². The van der Waals surface area contributed by atoms with Crippen LogP contribution >= 0.6 is 0 Å². The molecule has 94 valence electrons. The van der Waals surface area contributed by atoms with Gasteiger partial charge in [0.05, 0.1) is 0 Å². The molecule has 0 saturated heterocycles. The molecule has 1 aromatic rings. The Kier molecular flexibility index (Phi) is 2.95. The van der Waals surface area contributed by atoms with Crippen LogP contribution in [-0.2, 0) is 13.5 Å². The number of aromatic nitrogens is 2. The standard InChI is InChI=1S/C14H23N3/c1-3-15-12(9-13-16-7-8-17(13)2)14-10-5-4-6-11(10)14/h7-8,10-12,14-15H,3-6,9H2,1-2H3. The van der Waals surface area contributed by atoms with Crippen LogP contribution in [0.15, 0.2) is 12.4 Å². The molecule has 1 aromatic heterocycles. The topological polar surface area (TPSA) is 29.9 Å². The van der Waals surface area contributed by atoms with Crippen LogP contribution in [0.1, 0.15) is 32.0 Å². The lowest BCUT2D eigenvalue weighted by molar-refractivity contribution is 0.402. The molecule has 3 rings (SSSR count). The Balaban J connectivity index is 1.67. The minimum Gasteiger partial charge on any atom is -0.338 e. The van der Waals surface area contributed by atoms with Gasteiger partial charge in [-0.15, -0.1) is 0 Å². The average molecular weight is 233 g/mol. The summed E-state index contributed by atoms with van der Waals surface area (Å²) in [5.41, 5.74) is 0. The Morgan fingerprint density at radius 2 is 2.24 bits per heavy atom. The largest absolute Gasteiger partial charge is 0.338 e. The first kappa shape index (κ1) is 11.3. The molecule has 0 bridgehead atoms. The van der Waals surface area contributed by atoms with Crippen LogP contribution < -0.4 is 5.32 Å². The number of hydrogen-bond acceptors (Lipinski definition) is 2. The van der Waals surface area contributed by atoms with Crippen molar-refractivity contribution in [3.63, 3.8) is 0 Å². The Morgan fingerprint density at radius 1 is 1.47 bits per heavy atom. The zero-order chi connectivity index (χ0) is 11.8. The van der Waals surface area contributed by atoms with E-state index >= 15 is 0 Å². The highest BCUT2D eigenvalue weighted by molar-refractivity contribution is 5.09. The third-order valence-electron chi connectivity index (χ3n) is 4.73. The lowest BCUT2D eigenvalue weighted by Gasteiger charge is -2.19. The van der Waals surface area contributed by atoms with Crippen LogP contribution in [0.25, 0.3) is 0 Å². The summed E-state index contributed by atoms with van der Waals surface area (Å²) in [7, 11) is 2.10. The lowest BCUT2D eigenvalue weighted by Crippen LogP contribution is -2.35. The highest BCUT2D eigenvalue weighted by Gasteiger charge is 2.55. The second kappa shape index (κ2) is 4.45. The van der Waals surface area contributed by atoms with Gasteiger partial charge < -0.3 is 9.88 Å². The summed E-state index contributed by atoms with van der Waals surface area (Å²) in [6, 6.07) is 0.649. The third kappa shape index (κ3) is 2.01. The number of rotatable bonds is 5. The molecule has 0 radical (unpaired) electrons. The van der Waals surface area contributed by atoms with Crippen LogP contribution in [-0.4, -0.2) is 22.1 Å². The molecule has 3 nitrogen and oxygen atoms in total. The Hall–Kier alpha value is -0.830. The highest BCUT2D eigenvalue weighted by Crippen LogP contribution is 2.59. The average Bonchev–Trinajstić information content (AvgIpc) is 2.67. The quantitative estimate of drug-likeness (QED) is 0.843.